The number of ether oxygens (including phenoxy) is 1. The molecule has 3 nitrogen and oxygen atoms in total. The summed E-state index contributed by atoms with van der Waals surface area (Å²) in [6.07, 6.45) is 0. The van der Waals surface area contributed by atoms with Gasteiger partial charge in [-0.15, -0.1) is 0 Å². The molecular weight excluding hydrogens is 305 g/mol. The molecule has 1 aliphatic heterocycles. The fraction of sp³-hybridized carbons (Fsp3) is 0.350. The SMILES string of the molecule is CCOC(=O)C1CN(Cc2ccccc2)CC1c1ccccc1F. The Bertz CT molecular complexity index is 689. The minimum absolute atomic E-state index is 0.172. The number of esters is 1. The van der Waals surface area contributed by atoms with Gasteiger partial charge in [-0.3, -0.25) is 9.69 Å². The average molecular weight is 327 g/mol. The molecule has 0 aromatic heterocycles. The average Bonchev–Trinajstić information content (AvgIpc) is 3.00. The van der Waals surface area contributed by atoms with Gasteiger partial charge in [-0.25, -0.2) is 4.39 Å². The standard InChI is InChI=1S/C20H22FNO2/c1-2-24-20(23)18-14-22(12-15-8-4-3-5-9-15)13-17(18)16-10-6-7-11-19(16)21/h3-11,17-18H,2,12-14H2,1H3. The summed E-state index contributed by atoms with van der Waals surface area (Å²) >= 11 is 0. The van der Waals surface area contributed by atoms with Crippen LogP contribution < -0.4 is 0 Å². The van der Waals surface area contributed by atoms with Gasteiger partial charge in [0.05, 0.1) is 12.5 Å². The van der Waals surface area contributed by atoms with Crippen LogP contribution in [0.25, 0.3) is 0 Å². The molecule has 126 valence electrons. The maximum Gasteiger partial charge on any atom is 0.310 e. The van der Waals surface area contributed by atoms with Gasteiger partial charge in [-0.05, 0) is 24.1 Å². The van der Waals surface area contributed by atoms with Crippen molar-refractivity contribution in [1.82, 2.24) is 4.90 Å². The largest absolute Gasteiger partial charge is 0.466 e. The summed E-state index contributed by atoms with van der Waals surface area (Å²) in [6.45, 7) is 4.14. The Morgan fingerprint density at radius 3 is 2.54 bits per heavy atom. The number of carbonyl (C=O) groups is 1. The van der Waals surface area contributed by atoms with Gasteiger partial charge in [-0.1, -0.05) is 48.5 Å². The zero-order chi connectivity index (χ0) is 16.9. The minimum Gasteiger partial charge on any atom is -0.466 e. The van der Waals surface area contributed by atoms with Crippen molar-refractivity contribution in [2.24, 2.45) is 5.92 Å². The molecule has 24 heavy (non-hydrogen) atoms. The monoisotopic (exact) mass is 327 g/mol. The van der Waals surface area contributed by atoms with E-state index in [1.165, 1.54) is 11.6 Å². The number of halogens is 1. The molecule has 1 heterocycles. The third kappa shape index (κ3) is 3.65. The van der Waals surface area contributed by atoms with Crippen molar-refractivity contribution < 1.29 is 13.9 Å². The van der Waals surface area contributed by atoms with Crippen LogP contribution in [-0.4, -0.2) is 30.6 Å². The second kappa shape index (κ2) is 7.58. The predicted octanol–water partition coefficient (Wildman–Crippen LogP) is 3.60. The van der Waals surface area contributed by atoms with Crippen LogP contribution in [0.1, 0.15) is 24.0 Å². The van der Waals surface area contributed by atoms with Crippen LogP contribution in [0, 0.1) is 11.7 Å². The molecule has 1 aliphatic rings. The highest BCUT2D eigenvalue weighted by Crippen LogP contribution is 2.35. The van der Waals surface area contributed by atoms with Crippen LogP contribution in [0.15, 0.2) is 54.6 Å². The third-order valence-electron chi connectivity index (χ3n) is 4.54. The summed E-state index contributed by atoms with van der Waals surface area (Å²) < 4.78 is 19.5. The smallest absolute Gasteiger partial charge is 0.310 e. The zero-order valence-corrected chi connectivity index (χ0v) is 13.8. The molecule has 0 aliphatic carbocycles. The van der Waals surface area contributed by atoms with Crippen LogP contribution in [-0.2, 0) is 16.1 Å². The number of benzene rings is 2. The first kappa shape index (κ1) is 16.7. The first-order valence-corrected chi connectivity index (χ1v) is 8.36. The van der Waals surface area contributed by atoms with Crippen molar-refractivity contribution in [2.75, 3.05) is 19.7 Å². The topological polar surface area (TPSA) is 29.5 Å². The second-order valence-corrected chi connectivity index (χ2v) is 6.17. The molecule has 2 unspecified atom stereocenters. The van der Waals surface area contributed by atoms with Crippen molar-refractivity contribution in [3.63, 3.8) is 0 Å². The lowest BCUT2D eigenvalue weighted by molar-refractivity contribution is -0.148. The van der Waals surface area contributed by atoms with Gasteiger partial charge in [0.2, 0.25) is 0 Å². The van der Waals surface area contributed by atoms with Crippen LogP contribution in [0.4, 0.5) is 4.39 Å². The number of nitrogens with zero attached hydrogens (tertiary/aromatic N) is 1. The number of hydrogen-bond acceptors (Lipinski definition) is 3. The predicted molar refractivity (Wildman–Crippen MR) is 91.0 cm³/mol. The summed E-state index contributed by atoms with van der Waals surface area (Å²) in [5.74, 6) is -0.987. The quantitative estimate of drug-likeness (QED) is 0.786. The third-order valence-corrected chi connectivity index (χ3v) is 4.54. The summed E-state index contributed by atoms with van der Waals surface area (Å²) in [5, 5.41) is 0. The molecule has 0 amide bonds. The van der Waals surface area contributed by atoms with Crippen molar-refractivity contribution in [3.8, 4) is 0 Å². The fourth-order valence-electron chi connectivity index (χ4n) is 3.44. The Hall–Kier alpha value is -2.20. The lowest BCUT2D eigenvalue weighted by Gasteiger charge is -2.18. The molecule has 0 spiro atoms. The van der Waals surface area contributed by atoms with E-state index < -0.39 is 0 Å². The molecule has 0 N–H and O–H groups in total. The highest BCUT2D eigenvalue weighted by Gasteiger charge is 2.40. The Kier molecular flexibility index (Phi) is 5.26. The summed E-state index contributed by atoms with van der Waals surface area (Å²) in [5.41, 5.74) is 1.79. The Morgan fingerprint density at radius 1 is 1.12 bits per heavy atom. The molecule has 3 rings (SSSR count). The van der Waals surface area contributed by atoms with Crippen molar-refractivity contribution in [2.45, 2.75) is 19.4 Å². The van der Waals surface area contributed by atoms with Crippen LogP contribution in [0.3, 0.4) is 0 Å². The van der Waals surface area contributed by atoms with Crippen LogP contribution >= 0.6 is 0 Å². The normalized spacial score (nSPS) is 20.9. The van der Waals surface area contributed by atoms with Gasteiger partial charge >= 0.3 is 5.97 Å². The number of hydrogen-bond donors (Lipinski definition) is 0. The minimum atomic E-state index is -0.328. The van der Waals surface area contributed by atoms with Crippen molar-refractivity contribution in [1.29, 1.82) is 0 Å². The Morgan fingerprint density at radius 2 is 1.83 bits per heavy atom. The maximum atomic E-state index is 14.2. The number of likely N-dealkylation sites (tertiary alicyclic amines) is 1. The molecule has 0 radical (unpaired) electrons. The van der Waals surface area contributed by atoms with Crippen molar-refractivity contribution in [3.05, 3.63) is 71.5 Å². The van der Waals surface area contributed by atoms with E-state index in [0.717, 1.165) is 6.54 Å². The highest BCUT2D eigenvalue weighted by molar-refractivity contribution is 5.74. The molecule has 1 saturated heterocycles. The Labute approximate surface area is 142 Å². The fourth-order valence-corrected chi connectivity index (χ4v) is 3.44. The van der Waals surface area contributed by atoms with E-state index in [4.69, 9.17) is 4.74 Å². The van der Waals surface area contributed by atoms with E-state index in [9.17, 15) is 9.18 Å². The van der Waals surface area contributed by atoms with E-state index in [-0.39, 0.29) is 23.6 Å². The zero-order valence-electron chi connectivity index (χ0n) is 13.8. The van der Waals surface area contributed by atoms with Gasteiger partial charge in [0.15, 0.2) is 0 Å². The number of carbonyl (C=O) groups excluding carboxylic acids is 1. The van der Waals surface area contributed by atoms with Gasteiger partial charge < -0.3 is 4.74 Å². The van der Waals surface area contributed by atoms with Gasteiger partial charge in [-0.2, -0.15) is 0 Å². The van der Waals surface area contributed by atoms with Gasteiger partial charge in [0.1, 0.15) is 5.82 Å². The summed E-state index contributed by atoms with van der Waals surface area (Å²) in [7, 11) is 0. The molecule has 4 heteroatoms. The van der Waals surface area contributed by atoms with Crippen LogP contribution in [0.2, 0.25) is 0 Å². The lowest BCUT2D eigenvalue weighted by Crippen LogP contribution is -2.25. The molecule has 0 saturated carbocycles. The van der Waals surface area contributed by atoms with Crippen molar-refractivity contribution >= 4 is 5.97 Å². The first-order chi connectivity index (χ1) is 11.7. The summed E-state index contributed by atoms with van der Waals surface area (Å²) in [4.78, 5) is 14.6. The Balaban J connectivity index is 1.82. The maximum absolute atomic E-state index is 14.2. The first-order valence-electron chi connectivity index (χ1n) is 8.36. The van der Waals surface area contributed by atoms with E-state index in [1.54, 1.807) is 19.1 Å². The molecular formula is C20H22FNO2. The second-order valence-electron chi connectivity index (χ2n) is 6.17. The summed E-state index contributed by atoms with van der Waals surface area (Å²) in [6, 6.07) is 16.8. The van der Waals surface area contributed by atoms with E-state index in [1.807, 2.05) is 24.3 Å². The molecule has 2 aromatic carbocycles. The van der Waals surface area contributed by atoms with E-state index in [2.05, 4.69) is 17.0 Å². The van der Waals surface area contributed by atoms with E-state index in [0.29, 0.717) is 25.3 Å². The van der Waals surface area contributed by atoms with Gasteiger partial charge in [0, 0.05) is 25.6 Å². The van der Waals surface area contributed by atoms with E-state index >= 15 is 0 Å². The molecule has 2 aromatic rings. The molecule has 1 fully saturated rings. The van der Waals surface area contributed by atoms with Crippen LogP contribution in [0.5, 0.6) is 0 Å². The molecule has 0 bridgehead atoms. The lowest BCUT2D eigenvalue weighted by atomic mass is 9.88. The number of rotatable bonds is 5. The highest BCUT2D eigenvalue weighted by atomic mass is 19.1. The molecule has 2 atom stereocenters. The van der Waals surface area contributed by atoms with Gasteiger partial charge in [0.25, 0.3) is 0 Å².